The van der Waals surface area contributed by atoms with Gasteiger partial charge in [0.15, 0.2) is 6.33 Å². The predicted molar refractivity (Wildman–Crippen MR) is 59.5 cm³/mol. The number of non-ortho nitro benzene ring substituents is 1. The molecule has 0 bridgehead atoms. The summed E-state index contributed by atoms with van der Waals surface area (Å²) in [5.74, 6) is 0.101. The van der Waals surface area contributed by atoms with Crippen LogP contribution in [0, 0.1) is 10.1 Å². The minimum absolute atomic E-state index is 0.101. The Labute approximate surface area is 99.9 Å². The Balaban J connectivity index is 2.53. The summed E-state index contributed by atoms with van der Waals surface area (Å²) < 4.78 is 4.83. The third-order valence-corrected chi connectivity index (χ3v) is 2.04. The average Bonchev–Trinajstić information content (AvgIpc) is 2.89. The molecule has 0 saturated heterocycles. The van der Waals surface area contributed by atoms with E-state index in [1.54, 1.807) is 5.48 Å². The van der Waals surface area contributed by atoms with Crippen molar-refractivity contribution in [2.45, 2.75) is 0 Å². The van der Waals surface area contributed by atoms with Gasteiger partial charge in [-0.05, 0) is 6.07 Å². The third-order valence-electron chi connectivity index (χ3n) is 2.04. The molecule has 0 radical (unpaired) electrons. The molecule has 1 aromatic heterocycles. The molecular weight excluding hydrogens is 242 g/mol. The summed E-state index contributed by atoms with van der Waals surface area (Å²) in [6, 6.07) is 3.95. The van der Waals surface area contributed by atoms with Crippen LogP contribution in [0.5, 0.6) is 0 Å². The Hall–Kier alpha value is -2.81. The number of nitrogens with zero attached hydrogens (tertiary/aromatic N) is 4. The molecule has 0 fully saturated rings. The number of nitro groups is 1. The normalized spacial score (nSPS) is 10.7. The van der Waals surface area contributed by atoms with Gasteiger partial charge in [-0.2, -0.15) is 4.98 Å². The Morgan fingerprint density at radius 2 is 2.39 bits per heavy atom. The summed E-state index contributed by atoms with van der Waals surface area (Å²) in [5.41, 5.74) is 2.25. The highest BCUT2D eigenvalue weighted by Gasteiger charge is 2.15. The molecule has 0 spiro atoms. The van der Waals surface area contributed by atoms with E-state index in [0.29, 0.717) is 11.3 Å². The molecule has 2 N–H and O–H groups in total. The number of hydroxylamine groups is 1. The van der Waals surface area contributed by atoms with Crippen molar-refractivity contribution < 1.29 is 14.7 Å². The van der Waals surface area contributed by atoms with Gasteiger partial charge in [0.05, 0.1) is 16.2 Å². The van der Waals surface area contributed by atoms with Crippen LogP contribution in [0.15, 0.2) is 34.0 Å². The first-order valence-electron chi connectivity index (χ1n) is 4.70. The average molecular weight is 249 g/mol. The van der Waals surface area contributed by atoms with Crippen molar-refractivity contribution in [3.05, 3.63) is 34.6 Å². The van der Waals surface area contributed by atoms with Crippen molar-refractivity contribution >= 4 is 17.7 Å². The highest BCUT2D eigenvalue weighted by molar-refractivity contribution is 5.76. The van der Waals surface area contributed by atoms with E-state index >= 15 is 0 Å². The lowest BCUT2D eigenvalue weighted by atomic mass is 10.1. The molecular formula is C9H7N5O4. The number of aliphatic imine (C=N–C) groups is 1. The lowest BCUT2D eigenvalue weighted by molar-refractivity contribution is -0.384. The first kappa shape index (κ1) is 11.7. The number of hydrogen-bond acceptors (Lipinski definition) is 7. The van der Waals surface area contributed by atoms with Crippen molar-refractivity contribution in [2.24, 2.45) is 4.99 Å². The van der Waals surface area contributed by atoms with Crippen molar-refractivity contribution in [3.63, 3.8) is 0 Å². The predicted octanol–water partition coefficient (Wildman–Crippen LogP) is 1.28. The van der Waals surface area contributed by atoms with E-state index in [0.717, 1.165) is 6.34 Å². The topological polar surface area (TPSA) is 127 Å². The Morgan fingerprint density at radius 3 is 3.00 bits per heavy atom. The van der Waals surface area contributed by atoms with Crippen molar-refractivity contribution in [1.82, 2.24) is 15.6 Å². The van der Waals surface area contributed by atoms with Gasteiger partial charge in [0.2, 0.25) is 0 Å². The number of aromatic nitrogens is 2. The molecule has 2 rings (SSSR count). The minimum atomic E-state index is -0.544. The highest BCUT2D eigenvalue weighted by atomic mass is 16.6. The molecule has 9 heteroatoms. The van der Waals surface area contributed by atoms with Gasteiger partial charge in [-0.1, -0.05) is 5.16 Å². The number of nitro benzene ring substituents is 1. The molecule has 0 aliphatic carbocycles. The third kappa shape index (κ3) is 2.30. The lowest BCUT2D eigenvalue weighted by Crippen LogP contribution is -2.01. The molecule has 1 aromatic carbocycles. The molecule has 2 aromatic rings. The van der Waals surface area contributed by atoms with Crippen LogP contribution in [0.4, 0.5) is 11.4 Å². The van der Waals surface area contributed by atoms with Gasteiger partial charge in [-0.25, -0.2) is 4.99 Å². The van der Waals surface area contributed by atoms with Crippen molar-refractivity contribution in [3.8, 4) is 11.5 Å². The zero-order valence-electron chi connectivity index (χ0n) is 8.85. The van der Waals surface area contributed by atoms with Crippen LogP contribution in [0.3, 0.4) is 0 Å². The summed E-state index contributed by atoms with van der Waals surface area (Å²) in [6.45, 7) is 0. The van der Waals surface area contributed by atoms with Crippen molar-refractivity contribution in [2.75, 3.05) is 0 Å². The van der Waals surface area contributed by atoms with Gasteiger partial charge in [-0.15, -0.1) is 0 Å². The standard InChI is InChI=1S/C9H7N5O4/c15-12-4-10-8-2-1-6(14(16)17)3-7(8)9-11-5-13-18-9/h1-5,15H,(H,10,12). The second-order valence-corrected chi connectivity index (χ2v) is 3.09. The first-order chi connectivity index (χ1) is 8.72. The maximum atomic E-state index is 10.7. The van der Waals surface area contributed by atoms with Gasteiger partial charge in [0.1, 0.15) is 6.34 Å². The summed E-state index contributed by atoms with van der Waals surface area (Å²) in [6.07, 6.45) is 2.19. The van der Waals surface area contributed by atoms with Crippen LogP contribution in [-0.2, 0) is 0 Å². The maximum absolute atomic E-state index is 10.7. The molecule has 0 aliphatic heterocycles. The van der Waals surface area contributed by atoms with Gasteiger partial charge in [-0.3, -0.25) is 20.8 Å². The smallest absolute Gasteiger partial charge is 0.270 e. The minimum Gasteiger partial charge on any atom is -0.334 e. The largest absolute Gasteiger partial charge is 0.334 e. The molecule has 92 valence electrons. The van der Waals surface area contributed by atoms with E-state index in [-0.39, 0.29) is 11.6 Å². The molecule has 0 unspecified atom stereocenters. The van der Waals surface area contributed by atoms with E-state index < -0.39 is 4.92 Å². The van der Waals surface area contributed by atoms with Crippen LogP contribution in [0.2, 0.25) is 0 Å². The molecule has 0 aliphatic rings. The molecule has 0 saturated carbocycles. The number of nitrogens with one attached hydrogen (secondary N) is 1. The zero-order chi connectivity index (χ0) is 13.0. The lowest BCUT2D eigenvalue weighted by Gasteiger charge is -2.00. The summed E-state index contributed by atoms with van der Waals surface area (Å²) in [5, 5.41) is 22.6. The summed E-state index contributed by atoms with van der Waals surface area (Å²) in [7, 11) is 0. The van der Waals surface area contributed by atoms with E-state index in [4.69, 9.17) is 9.73 Å². The van der Waals surface area contributed by atoms with Crippen molar-refractivity contribution in [1.29, 1.82) is 0 Å². The Kier molecular flexibility index (Phi) is 3.25. The number of benzene rings is 1. The molecule has 9 nitrogen and oxygen atoms in total. The summed E-state index contributed by atoms with van der Waals surface area (Å²) in [4.78, 5) is 17.8. The second-order valence-electron chi connectivity index (χ2n) is 3.09. The van der Waals surface area contributed by atoms with E-state index in [2.05, 4.69) is 15.1 Å². The fraction of sp³-hybridized carbons (Fsp3) is 0. The van der Waals surface area contributed by atoms with Gasteiger partial charge >= 0.3 is 0 Å². The van der Waals surface area contributed by atoms with Crippen LogP contribution in [-0.4, -0.2) is 26.6 Å². The van der Waals surface area contributed by atoms with Crippen LogP contribution >= 0.6 is 0 Å². The fourth-order valence-electron chi connectivity index (χ4n) is 1.31. The van der Waals surface area contributed by atoms with E-state index in [1.807, 2.05) is 0 Å². The van der Waals surface area contributed by atoms with E-state index in [1.165, 1.54) is 24.5 Å². The van der Waals surface area contributed by atoms with Gasteiger partial charge in [0.25, 0.3) is 11.6 Å². The second kappa shape index (κ2) is 5.01. The van der Waals surface area contributed by atoms with Crippen LogP contribution in [0.25, 0.3) is 11.5 Å². The Bertz CT molecular complexity index is 581. The van der Waals surface area contributed by atoms with Gasteiger partial charge < -0.3 is 4.52 Å². The van der Waals surface area contributed by atoms with E-state index in [9.17, 15) is 10.1 Å². The molecule has 0 atom stereocenters. The molecule has 18 heavy (non-hydrogen) atoms. The number of rotatable bonds is 4. The van der Waals surface area contributed by atoms with Crippen LogP contribution in [0.1, 0.15) is 0 Å². The van der Waals surface area contributed by atoms with Crippen LogP contribution < -0.4 is 5.48 Å². The van der Waals surface area contributed by atoms with Gasteiger partial charge in [0, 0.05) is 12.1 Å². The monoisotopic (exact) mass is 249 g/mol. The first-order valence-corrected chi connectivity index (χ1v) is 4.70. The number of hydrogen-bond donors (Lipinski definition) is 2. The SMILES string of the molecule is O=[N+]([O-])c1ccc(N=CNO)c(-c2ncno2)c1. The Morgan fingerprint density at radius 1 is 1.56 bits per heavy atom. The maximum Gasteiger partial charge on any atom is 0.270 e. The fourth-order valence-corrected chi connectivity index (χ4v) is 1.31. The zero-order valence-corrected chi connectivity index (χ0v) is 8.85. The quantitative estimate of drug-likeness (QED) is 0.361. The highest BCUT2D eigenvalue weighted by Crippen LogP contribution is 2.31. The molecule has 0 amide bonds. The summed E-state index contributed by atoms with van der Waals surface area (Å²) >= 11 is 0. The molecule has 1 heterocycles.